The molecule has 0 aromatic carbocycles. The fourth-order valence-electron chi connectivity index (χ4n) is 3.16. The van der Waals surface area contributed by atoms with Gasteiger partial charge in [0.15, 0.2) is 0 Å². The first-order valence-corrected chi connectivity index (χ1v) is 13.2. The Hall–Kier alpha value is -1.91. The van der Waals surface area contributed by atoms with Crippen LogP contribution in [-0.2, 0) is 33.3 Å². The maximum atomic E-state index is 11.4. The van der Waals surface area contributed by atoms with Gasteiger partial charge in [-0.05, 0) is 45.8 Å². The summed E-state index contributed by atoms with van der Waals surface area (Å²) in [4.78, 5) is 33.2. The van der Waals surface area contributed by atoms with Gasteiger partial charge in [0, 0.05) is 26.2 Å². The van der Waals surface area contributed by atoms with E-state index in [0.717, 1.165) is 32.5 Å². The summed E-state index contributed by atoms with van der Waals surface area (Å²) in [5.41, 5.74) is 0. The second kappa shape index (κ2) is 26.7. The Bertz CT molecular complexity index is 601. The molecular weight excluding hydrogens is 504 g/mol. The second-order valence-corrected chi connectivity index (χ2v) is 8.45. The highest BCUT2D eigenvalue weighted by atomic mass is 16.6. The molecule has 38 heavy (non-hydrogen) atoms. The number of unbranched alkanes of at least 4 members (excludes halogenated alkanes) is 1. The Kier molecular flexibility index (Phi) is 25.3. The number of carbonyl (C=O) groups is 3. The molecule has 0 fully saturated rings. The molecule has 0 spiro atoms. The highest BCUT2D eigenvalue weighted by Gasteiger charge is 2.20. The van der Waals surface area contributed by atoms with Crippen molar-refractivity contribution in [1.29, 1.82) is 0 Å². The third-order valence-electron chi connectivity index (χ3n) is 5.29. The van der Waals surface area contributed by atoms with E-state index in [1.807, 2.05) is 7.05 Å². The zero-order chi connectivity index (χ0) is 28.3. The van der Waals surface area contributed by atoms with Gasteiger partial charge in [0.05, 0.1) is 46.2 Å². The van der Waals surface area contributed by atoms with Gasteiger partial charge < -0.3 is 44.9 Å². The van der Waals surface area contributed by atoms with E-state index in [9.17, 15) is 19.5 Å². The quantitative estimate of drug-likeness (QED) is 0.0437. The van der Waals surface area contributed by atoms with Crippen LogP contribution in [0.3, 0.4) is 0 Å². The Morgan fingerprint density at radius 1 is 0.632 bits per heavy atom. The van der Waals surface area contributed by atoms with Gasteiger partial charge in [-0.2, -0.15) is 0 Å². The first-order valence-electron chi connectivity index (χ1n) is 13.2. The highest BCUT2D eigenvalue weighted by Crippen LogP contribution is 2.02. The van der Waals surface area contributed by atoms with Crippen LogP contribution in [0.25, 0.3) is 0 Å². The molecule has 14 heteroatoms. The van der Waals surface area contributed by atoms with Crippen molar-refractivity contribution in [3.8, 4) is 0 Å². The Balaban J connectivity index is 3.56. The summed E-state index contributed by atoms with van der Waals surface area (Å²) in [7, 11) is 1.88. The van der Waals surface area contributed by atoms with E-state index < -0.39 is 30.0 Å². The first-order chi connectivity index (χ1) is 18.4. The molecule has 0 saturated carbocycles. The zero-order valence-corrected chi connectivity index (χ0v) is 22.6. The number of hydrogen-bond donors (Lipinski definition) is 7. The number of ether oxygens (including phenoxy) is 4. The summed E-state index contributed by atoms with van der Waals surface area (Å²) in [5, 5.41) is 38.9. The van der Waals surface area contributed by atoms with E-state index in [1.54, 1.807) is 0 Å². The number of nitrogens with one attached hydrogen (secondary N) is 4. The molecule has 0 aliphatic heterocycles. The minimum Gasteiger partial charge on any atom is -0.481 e. The molecule has 0 aromatic heterocycles. The molecule has 7 N–H and O–H groups in total. The van der Waals surface area contributed by atoms with Gasteiger partial charge in [0.25, 0.3) is 0 Å². The van der Waals surface area contributed by atoms with Crippen molar-refractivity contribution in [3.05, 3.63) is 0 Å². The Labute approximate surface area is 225 Å². The summed E-state index contributed by atoms with van der Waals surface area (Å²) in [6.07, 6.45) is 2.36. The fraction of sp³-hybridized carbons (Fsp3) is 0.875. The number of carboxylic acid groups (broad SMARTS) is 3. The molecular formula is C24H48N4O10. The molecule has 0 saturated heterocycles. The molecule has 0 aliphatic carbocycles. The lowest BCUT2D eigenvalue weighted by atomic mass is 10.1. The van der Waals surface area contributed by atoms with Crippen LogP contribution in [-0.4, -0.2) is 132 Å². The Morgan fingerprint density at radius 2 is 1.13 bits per heavy atom. The van der Waals surface area contributed by atoms with Crippen LogP contribution >= 0.6 is 0 Å². The van der Waals surface area contributed by atoms with Gasteiger partial charge in [-0.1, -0.05) is 6.42 Å². The third kappa shape index (κ3) is 24.4. The molecule has 0 aromatic rings. The molecule has 0 radical (unpaired) electrons. The molecule has 2 atom stereocenters. The van der Waals surface area contributed by atoms with Crippen LogP contribution in [0, 0.1) is 0 Å². The van der Waals surface area contributed by atoms with Crippen LogP contribution in [0.4, 0.5) is 0 Å². The molecule has 2 unspecified atom stereocenters. The summed E-state index contributed by atoms with van der Waals surface area (Å²) >= 11 is 0. The smallest absolute Gasteiger partial charge is 0.320 e. The van der Waals surface area contributed by atoms with Crippen LogP contribution in [0.15, 0.2) is 0 Å². The van der Waals surface area contributed by atoms with Crippen LogP contribution in [0.2, 0.25) is 0 Å². The van der Waals surface area contributed by atoms with Gasteiger partial charge in [-0.15, -0.1) is 0 Å². The second-order valence-electron chi connectivity index (χ2n) is 8.45. The molecule has 0 aliphatic rings. The zero-order valence-electron chi connectivity index (χ0n) is 22.6. The first kappa shape index (κ1) is 36.1. The van der Waals surface area contributed by atoms with E-state index in [2.05, 4.69) is 21.3 Å². The topological polar surface area (TPSA) is 197 Å². The third-order valence-corrected chi connectivity index (χ3v) is 5.29. The van der Waals surface area contributed by atoms with Gasteiger partial charge >= 0.3 is 17.9 Å². The lowest BCUT2D eigenvalue weighted by molar-refractivity contribution is -0.141. The van der Waals surface area contributed by atoms with E-state index in [0.29, 0.717) is 65.7 Å². The number of hydrogen-bond acceptors (Lipinski definition) is 11. The van der Waals surface area contributed by atoms with Crippen LogP contribution in [0.5, 0.6) is 0 Å². The van der Waals surface area contributed by atoms with Crippen molar-refractivity contribution in [2.75, 3.05) is 86.2 Å². The fourth-order valence-corrected chi connectivity index (χ4v) is 3.16. The summed E-state index contributed by atoms with van der Waals surface area (Å²) in [6, 6.07) is -1.88. The van der Waals surface area contributed by atoms with Crippen molar-refractivity contribution in [2.24, 2.45) is 0 Å². The van der Waals surface area contributed by atoms with E-state index >= 15 is 0 Å². The average Bonchev–Trinajstić information content (AvgIpc) is 2.87. The summed E-state index contributed by atoms with van der Waals surface area (Å²) in [5.74, 6) is -3.28. The maximum Gasteiger partial charge on any atom is 0.320 e. The summed E-state index contributed by atoms with van der Waals surface area (Å²) in [6.45, 7) is 6.85. The molecule has 224 valence electrons. The molecule has 0 amide bonds. The number of likely N-dealkylation sites (N-methyl/N-ethyl adjacent to an activating group) is 1. The largest absolute Gasteiger partial charge is 0.481 e. The van der Waals surface area contributed by atoms with Gasteiger partial charge in [-0.25, -0.2) is 0 Å². The normalized spacial score (nSPS) is 12.9. The van der Waals surface area contributed by atoms with Crippen molar-refractivity contribution in [2.45, 2.75) is 50.6 Å². The van der Waals surface area contributed by atoms with Crippen molar-refractivity contribution < 1.29 is 48.7 Å². The maximum absolute atomic E-state index is 11.4. The molecule has 0 bridgehead atoms. The van der Waals surface area contributed by atoms with E-state index in [4.69, 9.17) is 29.2 Å². The van der Waals surface area contributed by atoms with E-state index in [1.165, 1.54) is 0 Å². The lowest BCUT2D eigenvalue weighted by Gasteiger charge is -2.18. The van der Waals surface area contributed by atoms with Crippen molar-refractivity contribution in [3.63, 3.8) is 0 Å². The Morgan fingerprint density at radius 3 is 1.66 bits per heavy atom. The monoisotopic (exact) mass is 552 g/mol. The van der Waals surface area contributed by atoms with Gasteiger partial charge in [0.1, 0.15) is 12.1 Å². The predicted molar refractivity (Wildman–Crippen MR) is 139 cm³/mol. The minimum atomic E-state index is -1.18. The van der Waals surface area contributed by atoms with E-state index in [-0.39, 0.29) is 19.5 Å². The average molecular weight is 553 g/mol. The molecule has 14 nitrogen and oxygen atoms in total. The SMILES string of the molecule is CNCCOCCOCCOCCOCCCNCCCCC(NCNC(CCC(=O)O)C(=O)O)C(=O)O. The minimum absolute atomic E-state index is 0.0442. The highest BCUT2D eigenvalue weighted by molar-refractivity contribution is 5.75. The standard InChI is InChI=1S/C24H48N4O10/c1-25-10-12-36-14-16-38-18-17-37-15-13-35-11-4-9-26-8-3-2-5-20(23(31)32)27-19-28-21(24(33)34)6-7-22(29)30/h20-21,25-28H,2-19H2,1H3,(H,29,30)(H,31,32)(H,33,34). The lowest BCUT2D eigenvalue weighted by Crippen LogP contribution is -2.47. The van der Waals surface area contributed by atoms with Crippen molar-refractivity contribution >= 4 is 17.9 Å². The van der Waals surface area contributed by atoms with Gasteiger partial charge in [0.2, 0.25) is 0 Å². The van der Waals surface area contributed by atoms with Crippen LogP contribution in [0.1, 0.15) is 38.5 Å². The predicted octanol–water partition coefficient (Wildman–Crippen LogP) is -0.670. The van der Waals surface area contributed by atoms with Crippen molar-refractivity contribution in [1.82, 2.24) is 21.3 Å². The van der Waals surface area contributed by atoms with Gasteiger partial charge in [-0.3, -0.25) is 25.0 Å². The number of rotatable bonds is 30. The number of aliphatic carboxylic acids is 3. The summed E-state index contributed by atoms with van der Waals surface area (Å²) < 4.78 is 21.7. The molecule has 0 heterocycles. The van der Waals surface area contributed by atoms with Crippen LogP contribution < -0.4 is 21.3 Å². The number of carboxylic acids is 3. The molecule has 0 rings (SSSR count).